The Balaban J connectivity index is 2.18. The standard InChI is InChI=1S/C29H44O7/c1-10-17(3)12-13-28(7)19(5)14-24(32-8)29-22(26(33-9)36-27(29)34-20(6)30)15-21(16-23(28)29)35-25(31)18(4)11-2/h10,15,18-19,21,23-24,26-27H,1,3,11-14,16H2,2,4-9H3/t18?,19-,21+,23+,24+,26+,27-,28-,29-/m1/s1. The lowest BCUT2D eigenvalue weighted by atomic mass is 9.45. The summed E-state index contributed by atoms with van der Waals surface area (Å²) in [4.78, 5) is 25.1. The first-order chi connectivity index (χ1) is 17.0. The number of hydrogen-bond donors (Lipinski definition) is 0. The van der Waals surface area contributed by atoms with Crippen molar-refractivity contribution in [1.29, 1.82) is 0 Å². The van der Waals surface area contributed by atoms with Crippen molar-refractivity contribution >= 4 is 11.9 Å². The Labute approximate surface area is 216 Å². The van der Waals surface area contributed by atoms with Crippen molar-refractivity contribution in [3.05, 3.63) is 36.5 Å². The van der Waals surface area contributed by atoms with Crippen LogP contribution in [-0.2, 0) is 33.3 Å². The molecule has 1 spiro atoms. The van der Waals surface area contributed by atoms with Crippen molar-refractivity contribution in [2.24, 2.45) is 28.6 Å². The lowest BCUT2D eigenvalue weighted by Gasteiger charge is -2.61. The first kappa shape index (κ1) is 28.6. The van der Waals surface area contributed by atoms with Gasteiger partial charge in [0.15, 0.2) is 6.29 Å². The molecule has 1 saturated heterocycles. The third-order valence-corrected chi connectivity index (χ3v) is 9.15. The first-order valence-corrected chi connectivity index (χ1v) is 13.1. The van der Waals surface area contributed by atoms with Crippen LogP contribution in [0.4, 0.5) is 0 Å². The maximum atomic E-state index is 12.8. The summed E-state index contributed by atoms with van der Waals surface area (Å²) in [6.45, 7) is 17.8. The van der Waals surface area contributed by atoms with Crippen LogP contribution in [0.15, 0.2) is 36.5 Å². The second-order valence-corrected chi connectivity index (χ2v) is 11.0. The monoisotopic (exact) mass is 504 g/mol. The summed E-state index contributed by atoms with van der Waals surface area (Å²) in [6.07, 6.45) is 5.12. The highest BCUT2D eigenvalue weighted by Crippen LogP contribution is 2.67. The van der Waals surface area contributed by atoms with Gasteiger partial charge in [0, 0.05) is 26.7 Å². The minimum Gasteiger partial charge on any atom is -0.458 e. The normalized spacial score (nSPS) is 38.2. The van der Waals surface area contributed by atoms with Crippen LogP contribution in [0, 0.1) is 28.6 Å². The number of rotatable bonds is 10. The Morgan fingerprint density at radius 1 is 1.25 bits per heavy atom. The van der Waals surface area contributed by atoms with Crippen molar-refractivity contribution in [3.8, 4) is 0 Å². The van der Waals surface area contributed by atoms with Crippen LogP contribution in [0.2, 0.25) is 0 Å². The second kappa shape index (κ2) is 11.2. The van der Waals surface area contributed by atoms with E-state index in [-0.39, 0.29) is 35.2 Å². The zero-order valence-corrected chi connectivity index (χ0v) is 23.0. The number of carbonyl (C=O) groups is 2. The smallest absolute Gasteiger partial charge is 0.309 e. The van der Waals surface area contributed by atoms with Gasteiger partial charge in [0.1, 0.15) is 6.10 Å². The minimum absolute atomic E-state index is 0.0736. The minimum atomic E-state index is -0.873. The van der Waals surface area contributed by atoms with Crippen LogP contribution in [0.25, 0.3) is 0 Å². The van der Waals surface area contributed by atoms with Gasteiger partial charge in [-0.3, -0.25) is 9.59 Å². The average Bonchev–Trinajstić information content (AvgIpc) is 3.16. The predicted molar refractivity (Wildman–Crippen MR) is 137 cm³/mol. The molecule has 1 aliphatic heterocycles. The molecule has 0 aromatic heterocycles. The van der Waals surface area contributed by atoms with Gasteiger partial charge in [0.05, 0.1) is 17.4 Å². The van der Waals surface area contributed by atoms with Gasteiger partial charge in [-0.1, -0.05) is 52.5 Å². The zero-order chi connectivity index (χ0) is 26.8. The highest BCUT2D eigenvalue weighted by molar-refractivity contribution is 5.72. The van der Waals surface area contributed by atoms with E-state index >= 15 is 0 Å². The molecule has 7 heteroatoms. The summed E-state index contributed by atoms with van der Waals surface area (Å²) < 4.78 is 30.1. The summed E-state index contributed by atoms with van der Waals surface area (Å²) in [5, 5.41) is 0. The van der Waals surface area contributed by atoms with Gasteiger partial charge in [-0.2, -0.15) is 0 Å². The summed E-state index contributed by atoms with van der Waals surface area (Å²) >= 11 is 0. The van der Waals surface area contributed by atoms with E-state index < -0.39 is 30.1 Å². The zero-order valence-electron chi connectivity index (χ0n) is 23.0. The largest absolute Gasteiger partial charge is 0.458 e. The molecule has 3 aliphatic rings. The van der Waals surface area contributed by atoms with E-state index in [9.17, 15) is 9.59 Å². The van der Waals surface area contributed by atoms with E-state index in [4.69, 9.17) is 23.7 Å². The summed E-state index contributed by atoms with van der Waals surface area (Å²) in [7, 11) is 3.27. The number of carbonyl (C=O) groups excluding carboxylic acids is 2. The van der Waals surface area contributed by atoms with Crippen LogP contribution in [0.3, 0.4) is 0 Å². The van der Waals surface area contributed by atoms with Gasteiger partial charge in [-0.05, 0) is 55.4 Å². The van der Waals surface area contributed by atoms with Gasteiger partial charge >= 0.3 is 11.9 Å². The highest BCUT2D eigenvalue weighted by Gasteiger charge is 2.71. The molecule has 0 aromatic carbocycles. The number of methoxy groups -OCH3 is 2. The highest BCUT2D eigenvalue weighted by atomic mass is 16.8. The average molecular weight is 505 g/mol. The fourth-order valence-electron chi connectivity index (χ4n) is 6.64. The molecule has 2 aliphatic carbocycles. The van der Waals surface area contributed by atoms with Crippen molar-refractivity contribution in [2.45, 2.75) is 91.5 Å². The van der Waals surface area contributed by atoms with Crippen LogP contribution >= 0.6 is 0 Å². The van der Waals surface area contributed by atoms with E-state index in [0.717, 1.165) is 30.4 Å². The molecule has 0 bridgehead atoms. The van der Waals surface area contributed by atoms with Crippen LogP contribution in [-0.4, -0.2) is 50.9 Å². The van der Waals surface area contributed by atoms with Gasteiger partial charge in [-0.25, -0.2) is 0 Å². The van der Waals surface area contributed by atoms with Crippen LogP contribution in [0.5, 0.6) is 0 Å². The SMILES string of the molecule is C=CC(=C)CC[C@]1(C)[C@H](C)C[C@H](OC)[C@@]23C(=C[C@H](OC(=O)C(C)CC)C[C@@H]12)[C@@H](OC)O[C@H]3OC(C)=O. The van der Waals surface area contributed by atoms with Gasteiger partial charge < -0.3 is 23.7 Å². The third-order valence-electron chi connectivity index (χ3n) is 9.15. The lowest BCUT2D eigenvalue weighted by Crippen LogP contribution is -2.63. The first-order valence-electron chi connectivity index (χ1n) is 13.1. The number of esters is 2. The summed E-state index contributed by atoms with van der Waals surface area (Å²) in [5.41, 5.74) is 0.830. The molecule has 9 atom stereocenters. The fraction of sp³-hybridized carbons (Fsp3) is 0.724. The van der Waals surface area contributed by atoms with Crippen LogP contribution in [0.1, 0.15) is 66.7 Å². The Morgan fingerprint density at radius 2 is 1.94 bits per heavy atom. The Bertz CT molecular complexity index is 894. The molecule has 36 heavy (non-hydrogen) atoms. The van der Waals surface area contributed by atoms with E-state index in [1.165, 1.54) is 6.92 Å². The predicted octanol–water partition coefficient (Wildman–Crippen LogP) is 5.35. The molecule has 1 unspecified atom stereocenters. The maximum absolute atomic E-state index is 12.8. The van der Waals surface area contributed by atoms with Crippen molar-refractivity contribution < 1.29 is 33.3 Å². The number of ether oxygens (including phenoxy) is 5. The maximum Gasteiger partial charge on any atom is 0.309 e. The molecule has 0 amide bonds. The van der Waals surface area contributed by atoms with E-state index in [2.05, 4.69) is 27.0 Å². The molecule has 7 nitrogen and oxygen atoms in total. The molecule has 0 radical (unpaired) electrons. The molecule has 202 valence electrons. The molecule has 1 saturated carbocycles. The Hall–Kier alpha value is -1.96. The number of allylic oxidation sites excluding steroid dienone is 2. The number of hydrogen-bond acceptors (Lipinski definition) is 7. The molecular formula is C29H44O7. The lowest BCUT2D eigenvalue weighted by molar-refractivity contribution is -0.258. The Morgan fingerprint density at radius 3 is 2.50 bits per heavy atom. The molecule has 0 N–H and O–H groups in total. The van der Waals surface area contributed by atoms with E-state index in [0.29, 0.717) is 12.8 Å². The van der Waals surface area contributed by atoms with Crippen molar-refractivity contribution in [1.82, 2.24) is 0 Å². The van der Waals surface area contributed by atoms with Crippen molar-refractivity contribution in [3.63, 3.8) is 0 Å². The van der Waals surface area contributed by atoms with Crippen LogP contribution < -0.4 is 0 Å². The van der Waals surface area contributed by atoms with Gasteiger partial charge in [0.25, 0.3) is 0 Å². The second-order valence-electron chi connectivity index (χ2n) is 11.0. The van der Waals surface area contributed by atoms with E-state index in [1.807, 2.05) is 19.9 Å². The summed E-state index contributed by atoms with van der Waals surface area (Å²) in [5.74, 6) is -0.632. The molecule has 0 aromatic rings. The fourth-order valence-corrected chi connectivity index (χ4v) is 6.64. The topological polar surface area (TPSA) is 80.3 Å². The van der Waals surface area contributed by atoms with Gasteiger partial charge in [-0.15, -0.1) is 0 Å². The van der Waals surface area contributed by atoms with Crippen molar-refractivity contribution in [2.75, 3.05) is 14.2 Å². The van der Waals surface area contributed by atoms with E-state index in [1.54, 1.807) is 20.3 Å². The Kier molecular flexibility index (Phi) is 8.90. The molecule has 2 fully saturated rings. The molecular weight excluding hydrogens is 460 g/mol. The molecule has 3 rings (SSSR count). The third kappa shape index (κ3) is 4.82. The molecule has 1 heterocycles. The summed E-state index contributed by atoms with van der Waals surface area (Å²) in [6, 6.07) is 0. The van der Waals surface area contributed by atoms with Gasteiger partial charge in [0.2, 0.25) is 6.29 Å². The quantitative estimate of drug-likeness (QED) is 0.225.